The molecule has 9 heteroatoms. The molecule has 0 aliphatic heterocycles. The third-order valence-corrected chi connectivity index (χ3v) is 6.19. The van der Waals surface area contributed by atoms with E-state index in [4.69, 9.17) is 0 Å². The third kappa shape index (κ3) is 12.2. The first-order valence-electron chi connectivity index (χ1n) is 13.5. The number of hydrogen-bond donors (Lipinski definition) is 5. The normalized spacial score (nSPS) is 14.4. The number of carbonyl (C=O) groups is 4. The predicted octanol–water partition coefficient (Wildman–Crippen LogP) is 1.91. The predicted molar refractivity (Wildman–Crippen MR) is 147 cm³/mol. The van der Waals surface area contributed by atoms with Crippen LogP contribution in [0.15, 0.2) is 30.3 Å². The Kier molecular flexibility index (Phi) is 15.2. The van der Waals surface area contributed by atoms with Crippen molar-refractivity contribution in [2.45, 2.75) is 91.4 Å². The van der Waals surface area contributed by atoms with Crippen LogP contribution in [-0.2, 0) is 25.6 Å². The van der Waals surface area contributed by atoms with E-state index in [1.54, 1.807) is 0 Å². The molecule has 4 atom stereocenters. The number of aryl methyl sites for hydroxylation is 1. The monoisotopic (exact) mass is 517 g/mol. The van der Waals surface area contributed by atoms with Crippen LogP contribution in [0.5, 0.6) is 0 Å². The van der Waals surface area contributed by atoms with Crippen LogP contribution < -0.4 is 26.6 Å². The highest BCUT2D eigenvalue weighted by atomic mass is 16.2. The van der Waals surface area contributed by atoms with Gasteiger partial charge in [-0.2, -0.15) is 0 Å². The second kappa shape index (κ2) is 17.5. The molecule has 9 nitrogen and oxygen atoms in total. The number of nitrogens with one attached hydrogen (secondary N) is 5. The van der Waals surface area contributed by atoms with Crippen LogP contribution in [0.25, 0.3) is 0 Å². The van der Waals surface area contributed by atoms with E-state index in [9.17, 15) is 19.2 Å². The van der Waals surface area contributed by atoms with Crippen molar-refractivity contribution < 1.29 is 19.2 Å². The lowest BCUT2D eigenvalue weighted by atomic mass is 10.0. The molecule has 0 radical (unpaired) electrons. The summed E-state index contributed by atoms with van der Waals surface area (Å²) in [6.07, 6.45) is 2.93. The SMILES string of the molecule is CCNC(=O)C(NC(=O)[C@H](CC)NCC(CC(C)C)NC(=O)[C@H](CCc1ccccc1)NC=O)C(C)C. The lowest BCUT2D eigenvalue weighted by Gasteiger charge is -2.28. The summed E-state index contributed by atoms with van der Waals surface area (Å²) in [5.41, 5.74) is 1.09. The van der Waals surface area contributed by atoms with Gasteiger partial charge in [-0.15, -0.1) is 0 Å². The molecule has 1 aromatic carbocycles. The maximum Gasteiger partial charge on any atom is 0.242 e. The van der Waals surface area contributed by atoms with E-state index in [2.05, 4.69) is 40.4 Å². The highest BCUT2D eigenvalue weighted by Crippen LogP contribution is 2.09. The summed E-state index contributed by atoms with van der Waals surface area (Å²) in [6.45, 7) is 12.5. The van der Waals surface area contributed by atoms with E-state index >= 15 is 0 Å². The third-order valence-electron chi connectivity index (χ3n) is 6.19. The van der Waals surface area contributed by atoms with Crippen LogP contribution in [0.4, 0.5) is 0 Å². The first kappa shape index (κ1) is 32.1. The molecule has 0 aliphatic rings. The Bertz CT molecular complexity index is 831. The Morgan fingerprint density at radius 3 is 2.08 bits per heavy atom. The van der Waals surface area contributed by atoms with Crippen LogP contribution in [-0.4, -0.2) is 61.4 Å². The van der Waals surface area contributed by atoms with Gasteiger partial charge in [-0.3, -0.25) is 19.2 Å². The summed E-state index contributed by atoms with van der Waals surface area (Å²) in [5.74, 6) is -0.436. The summed E-state index contributed by atoms with van der Waals surface area (Å²) < 4.78 is 0. The zero-order valence-corrected chi connectivity index (χ0v) is 23.3. The second-order valence-corrected chi connectivity index (χ2v) is 10.2. The highest BCUT2D eigenvalue weighted by Gasteiger charge is 2.28. The van der Waals surface area contributed by atoms with Crippen molar-refractivity contribution in [3.63, 3.8) is 0 Å². The Morgan fingerprint density at radius 2 is 1.54 bits per heavy atom. The Balaban J connectivity index is 2.80. The van der Waals surface area contributed by atoms with Crippen LogP contribution in [0.2, 0.25) is 0 Å². The molecule has 0 bridgehead atoms. The van der Waals surface area contributed by atoms with Gasteiger partial charge in [0.2, 0.25) is 24.1 Å². The van der Waals surface area contributed by atoms with Crippen LogP contribution in [0.1, 0.15) is 66.4 Å². The molecule has 0 fully saturated rings. The quantitative estimate of drug-likeness (QED) is 0.190. The zero-order chi connectivity index (χ0) is 27.8. The zero-order valence-electron chi connectivity index (χ0n) is 23.3. The minimum Gasteiger partial charge on any atom is -0.355 e. The fourth-order valence-corrected chi connectivity index (χ4v) is 4.17. The number of rotatable bonds is 18. The molecule has 0 spiro atoms. The average molecular weight is 518 g/mol. The lowest BCUT2D eigenvalue weighted by molar-refractivity contribution is -0.131. The smallest absolute Gasteiger partial charge is 0.242 e. The summed E-state index contributed by atoms with van der Waals surface area (Å²) in [5, 5.41) is 14.6. The number of amides is 4. The van der Waals surface area contributed by atoms with Crippen LogP contribution in [0, 0.1) is 11.8 Å². The molecule has 37 heavy (non-hydrogen) atoms. The van der Waals surface area contributed by atoms with Crippen molar-refractivity contribution in [1.82, 2.24) is 26.6 Å². The molecule has 2 unspecified atom stereocenters. The molecule has 0 saturated heterocycles. The van der Waals surface area contributed by atoms with Gasteiger partial charge in [-0.05, 0) is 50.0 Å². The molecule has 5 N–H and O–H groups in total. The fourth-order valence-electron chi connectivity index (χ4n) is 4.17. The molecule has 4 amide bonds. The summed E-state index contributed by atoms with van der Waals surface area (Å²) in [6, 6.07) is 7.81. The van der Waals surface area contributed by atoms with Crippen molar-refractivity contribution in [3.05, 3.63) is 35.9 Å². The maximum absolute atomic E-state index is 13.1. The molecule has 1 aromatic rings. The van der Waals surface area contributed by atoms with Gasteiger partial charge in [0.25, 0.3) is 0 Å². The van der Waals surface area contributed by atoms with Gasteiger partial charge in [0, 0.05) is 19.1 Å². The number of benzene rings is 1. The Hall–Kier alpha value is -2.94. The number of carbonyl (C=O) groups excluding carboxylic acids is 4. The second-order valence-electron chi connectivity index (χ2n) is 10.2. The van der Waals surface area contributed by atoms with Gasteiger partial charge < -0.3 is 26.6 Å². The van der Waals surface area contributed by atoms with Gasteiger partial charge >= 0.3 is 0 Å². The first-order valence-corrected chi connectivity index (χ1v) is 13.5. The Labute approximate surface area is 222 Å². The number of likely N-dealkylation sites (N-methyl/N-ethyl adjacent to an activating group) is 1. The van der Waals surface area contributed by atoms with E-state index < -0.39 is 18.1 Å². The van der Waals surface area contributed by atoms with Crippen molar-refractivity contribution in [2.75, 3.05) is 13.1 Å². The molecule has 0 heterocycles. The summed E-state index contributed by atoms with van der Waals surface area (Å²) in [4.78, 5) is 49.6. The topological polar surface area (TPSA) is 128 Å². The Morgan fingerprint density at radius 1 is 0.892 bits per heavy atom. The van der Waals surface area contributed by atoms with Gasteiger partial charge in [-0.25, -0.2) is 0 Å². The van der Waals surface area contributed by atoms with Gasteiger partial charge in [0.1, 0.15) is 12.1 Å². The molecule has 208 valence electrons. The summed E-state index contributed by atoms with van der Waals surface area (Å²) >= 11 is 0. The van der Waals surface area contributed by atoms with Gasteiger partial charge in [0.05, 0.1) is 6.04 Å². The van der Waals surface area contributed by atoms with E-state index in [-0.39, 0.29) is 29.7 Å². The molecular formula is C28H47N5O4. The standard InChI is InChI=1S/C28H47N5O4/c1-7-23(26(35)33-25(20(5)6)28(37)29-8-2)30-17-22(16-19(3)4)32-27(36)24(31-18-34)15-14-21-12-10-9-11-13-21/h9-13,18-20,22-25,30H,7-8,14-17H2,1-6H3,(H,29,37)(H,31,34)(H,32,36)(H,33,35)/t22?,23-,24-,25?/m0/s1. The minimum atomic E-state index is -0.651. The average Bonchev–Trinajstić information content (AvgIpc) is 2.85. The molecule has 0 aromatic heterocycles. The van der Waals surface area contributed by atoms with Crippen LogP contribution >= 0.6 is 0 Å². The van der Waals surface area contributed by atoms with E-state index in [1.807, 2.05) is 58.0 Å². The van der Waals surface area contributed by atoms with E-state index in [0.29, 0.717) is 51.1 Å². The van der Waals surface area contributed by atoms with Gasteiger partial charge in [0.15, 0.2) is 0 Å². The largest absolute Gasteiger partial charge is 0.355 e. The maximum atomic E-state index is 13.1. The highest BCUT2D eigenvalue weighted by molar-refractivity contribution is 5.90. The number of hydrogen-bond acceptors (Lipinski definition) is 5. The lowest BCUT2D eigenvalue weighted by Crippen LogP contribution is -2.56. The van der Waals surface area contributed by atoms with Crippen molar-refractivity contribution in [1.29, 1.82) is 0 Å². The fraction of sp³-hybridized carbons (Fsp3) is 0.643. The molecule has 0 aliphatic carbocycles. The van der Waals surface area contributed by atoms with Crippen molar-refractivity contribution >= 4 is 24.1 Å². The molecular weight excluding hydrogens is 470 g/mol. The first-order chi connectivity index (χ1) is 17.6. The van der Waals surface area contributed by atoms with Crippen molar-refractivity contribution in [2.24, 2.45) is 11.8 Å². The van der Waals surface area contributed by atoms with Crippen molar-refractivity contribution in [3.8, 4) is 0 Å². The molecule has 1 rings (SSSR count). The van der Waals surface area contributed by atoms with Crippen LogP contribution in [0.3, 0.4) is 0 Å². The minimum absolute atomic E-state index is 0.0564. The van der Waals surface area contributed by atoms with E-state index in [0.717, 1.165) is 5.56 Å². The molecule has 0 saturated carbocycles. The summed E-state index contributed by atoms with van der Waals surface area (Å²) in [7, 11) is 0. The van der Waals surface area contributed by atoms with E-state index in [1.165, 1.54) is 0 Å². The van der Waals surface area contributed by atoms with Gasteiger partial charge in [-0.1, -0.05) is 65.0 Å².